The van der Waals surface area contributed by atoms with Crippen LogP contribution in [0, 0.1) is 10.1 Å². The topological polar surface area (TPSA) is 64.4 Å². The second kappa shape index (κ2) is 7.40. The van der Waals surface area contributed by atoms with Gasteiger partial charge >= 0.3 is 0 Å². The highest BCUT2D eigenvalue weighted by Gasteiger charge is 2.13. The number of non-ortho nitro benzene ring substituents is 1. The van der Waals surface area contributed by atoms with E-state index in [9.17, 15) is 10.1 Å². The average molecular weight is 286 g/mol. The van der Waals surface area contributed by atoms with E-state index in [2.05, 4.69) is 5.32 Å². The molecule has 110 valence electrons. The van der Waals surface area contributed by atoms with E-state index in [1.54, 1.807) is 12.1 Å². The highest BCUT2D eigenvalue weighted by molar-refractivity contribution is 5.36. The van der Waals surface area contributed by atoms with Gasteiger partial charge in [-0.15, -0.1) is 0 Å². The average Bonchev–Trinajstić information content (AvgIpc) is 2.52. The number of benzene rings is 2. The maximum atomic E-state index is 10.7. The molecule has 0 fully saturated rings. The van der Waals surface area contributed by atoms with Gasteiger partial charge in [-0.1, -0.05) is 37.3 Å². The second-order valence-electron chi connectivity index (χ2n) is 4.58. The van der Waals surface area contributed by atoms with Crippen LogP contribution in [0.15, 0.2) is 54.6 Å². The Balaban J connectivity index is 2.12. The predicted molar refractivity (Wildman–Crippen MR) is 81.5 cm³/mol. The van der Waals surface area contributed by atoms with E-state index in [1.807, 2.05) is 37.3 Å². The summed E-state index contributed by atoms with van der Waals surface area (Å²) in [4.78, 5) is 10.2. The highest BCUT2D eigenvalue weighted by atomic mass is 16.6. The maximum Gasteiger partial charge on any atom is 0.269 e. The van der Waals surface area contributed by atoms with Gasteiger partial charge in [-0.25, -0.2) is 0 Å². The minimum absolute atomic E-state index is 0.0605. The van der Waals surface area contributed by atoms with E-state index in [0.29, 0.717) is 12.3 Å². The number of nitro benzene ring substituents is 1. The first-order valence-corrected chi connectivity index (χ1v) is 6.87. The van der Waals surface area contributed by atoms with Gasteiger partial charge < -0.3 is 10.1 Å². The molecule has 0 radical (unpaired) electrons. The van der Waals surface area contributed by atoms with Crippen LogP contribution in [-0.2, 0) is 0 Å². The number of nitrogens with zero attached hydrogens (tertiary/aromatic N) is 1. The van der Waals surface area contributed by atoms with Gasteiger partial charge in [-0.3, -0.25) is 10.1 Å². The summed E-state index contributed by atoms with van der Waals surface area (Å²) < 4.78 is 5.95. The van der Waals surface area contributed by atoms with Gasteiger partial charge in [0.1, 0.15) is 11.9 Å². The van der Waals surface area contributed by atoms with Crippen molar-refractivity contribution < 1.29 is 9.66 Å². The van der Waals surface area contributed by atoms with E-state index in [-0.39, 0.29) is 11.8 Å². The summed E-state index contributed by atoms with van der Waals surface area (Å²) in [5.41, 5.74) is 1.13. The molecule has 0 aliphatic rings. The van der Waals surface area contributed by atoms with Crippen LogP contribution in [0.2, 0.25) is 0 Å². The summed E-state index contributed by atoms with van der Waals surface area (Å²) in [7, 11) is 0. The molecule has 0 aliphatic heterocycles. The largest absolute Gasteiger partial charge is 0.484 e. The van der Waals surface area contributed by atoms with E-state index in [1.165, 1.54) is 12.1 Å². The number of likely N-dealkylation sites (N-methyl/N-ethyl adjacent to an activating group) is 1. The van der Waals surface area contributed by atoms with Crippen molar-refractivity contribution in [3.63, 3.8) is 0 Å². The molecule has 0 saturated carbocycles. The number of ether oxygens (including phenoxy) is 1. The van der Waals surface area contributed by atoms with Crippen LogP contribution < -0.4 is 10.1 Å². The number of rotatable bonds is 7. The van der Waals surface area contributed by atoms with Crippen LogP contribution in [0.25, 0.3) is 0 Å². The third-order valence-corrected chi connectivity index (χ3v) is 3.08. The van der Waals surface area contributed by atoms with Crippen molar-refractivity contribution >= 4 is 5.69 Å². The number of hydrogen-bond acceptors (Lipinski definition) is 4. The fraction of sp³-hybridized carbons (Fsp3) is 0.250. The zero-order chi connectivity index (χ0) is 15.1. The Labute approximate surface area is 123 Å². The smallest absolute Gasteiger partial charge is 0.269 e. The van der Waals surface area contributed by atoms with Gasteiger partial charge in [0.15, 0.2) is 0 Å². The highest BCUT2D eigenvalue weighted by Crippen LogP contribution is 2.23. The molecule has 0 bridgehead atoms. The molecular weight excluding hydrogens is 268 g/mol. The Kier molecular flexibility index (Phi) is 5.29. The van der Waals surface area contributed by atoms with Gasteiger partial charge in [0.2, 0.25) is 0 Å². The lowest BCUT2D eigenvalue weighted by molar-refractivity contribution is -0.384. The van der Waals surface area contributed by atoms with Crippen LogP contribution in [-0.4, -0.2) is 18.0 Å². The summed E-state index contributed by atoms with van der Waals surface area (Å²) >= 11 is 0. The molecule has 0 heterocycles. The fourth-order valence-corrected chi connectivity index (χ4v) is 1.98. The Morgan fingerprint density at radius 2 is 1.81 bits per heavy atom. The summed E-state index contributed by atoms with van der Waals surface area (Å²) in [6, 6.07) is 16.1. The summed E-state index contributed by atoms with van der Waals surface area (Å²) in [5.74, 6) is 0.618. The third-order valence-electron chi connectivity index (χ3n) is 3.08. The fourth-order valence-electron chi connectivity index (χ4n) is 1.98. The minimum atomic E-state index is -0.420. The predicted octanol–water partition coefficient (Wildman–Crippen LogP) is 3.32. The van der Waals surface area contributed by atoms with Gasteiger partial charge in [0.25, 0.3) is 5.69 Å². The lowest BCUT2D eigenvalue weighted by atomic mass is 10.1. The SMILES string of the molecule is CCNCC(Oc1ccc([N+](=O)[O-])cc1)c1ccccc1. The molecule has 1 unspecified atom stereocenters. The molecule has 1 atom stereocenters. The van der Waals surface area contributed by atoms with Crippen LogP contribution >= 0.6 is 0 Å². The molecule has 2 aromatic rings. The Hall–Kier alpha value is -2.40. The van der Waals surface area contributed by atoms with Gasteiger partial charge in [-0.2, -0.15) is 0 Å². The van der Waals surface area contributed by atoms with Crippen LogP contribution in [0.1, 0.15) is 18.6 Å². The van der Waals surface area contributed by atoms with Gasteiger partial charge in [-0.05, 0) is 24.2 Å². The third kappa shape index (κ3) is 4.29. The molecule has 21 heavy (non-hydrogen) atoms. The zero-order valence-electron chi connectivity index (χ0n) is 11.9. The molecule has 1 N–H and O–H groups in total. The molecule has 2 rings (SSSR count). The van der Waals surface area contributed by atoms with Crippen LogP contribution in [0.3, 0.4) is 0 Å². The second-order valence-corrected chi connectivity index (χ2v) is 4.58. The van der Waals surface area contributed by atoms with Gasteiger partial charge in [0.05, 0.1) is 4.92 Å². The zero-order valence-corrected chi connectivity index (χ0v) is 11.9. The van der Waals surface area contributed by atoms with E-state index < -0.39 is 4.92 Å². The molecule has 2 aromatic carbocycles. The summed E-state index contributed by atoms with van der Waals surface area (Å²) in [6.45, 7) is 3.57. The molecule has 0 aromatic heterocycles. The van der Waals surface area contributed by atoms with Crippen molar-refractivity contribution in [2.24, 2.45) is 0 Å². The lowest BCUT2D eigenvalue weighted by Crippen LogP contribution is -2.24. The summed E-state index contributed by atoms with van der Waals surface area (Å²) in [5, 5.41) is 13.9. The van der Waals surface area contributed by atoms with Crippen LogP contribution in [0.5, 0.6) is 5.75 Å². The minimum Gasteiger partial charge on any atom is -0.484 e. The maximum absolute atomic E-state index is 10.7. The lowest BCUT2D eigenvalue weighted by Gasteiger charge is -2.20. The monoisotopic (exact) mass is 286 g/mol. The standard InChI is InChI=1S/C16H18N2O3/c1-2-17-12-16(13-6-4-3-5-7-13)21-15-10-8-14(9-11-15)18(19)20/h3-11,16-17H,2,12H2,1H3. The Morgan fingerprint density at radius 3 is 2.38 bits per heavy atom. The number of nitro groups is 1. The molecule has 5 heteroatoms. The van der Waals surface area contributed by atoms with Crippen molar-refractivity contribution in [1.82, 2.24) is 5.32 Å². The molecule has 0 aliphatic carbocycles. The first-order chi connectivity index (χ1) is 10.2. The normalized spacial score (nSPS) is 11.9. The first kappa shape index (κ1) is 15.0. The quantitative estimate of drug-likeness (QED) is 0.626. The Morgan fingerprint density at radius 1 is 1.14 bits per heavy atom. The van der Waals surface area contributed by atoms with E-state index in [0.717, 1.165) is 12.1 Å². The molecule has 0 saturated heterocycles. The summed E-state index contributed by atoms with van der Waals surface area (Å²) in [6.07, 6.45) is -0.132. The van der Waals surface area contributed by atoms with Crippen molar-refractivity contribution in [1.29, 1.82) is 0 Å². The molecule has 0 amide bonds. The van der Waals surface area contributed by atoms with Crippen molar-refractivity contribution in [3.05, 3.63) is 70.3 Å². The Bertz CT molecular complexity index is 570. The van der Waals surface area contributed by atoms with Crippen LogP contribution in [0.4, 0.5) is 5.69 Å². The number of hydrogen-bond donors (Lipinski definition) is 1. The first-order valence-electron chi connectivity index (χ1n) is 6.87. The van der Waals surface area contributed by atoms with Crippen molar-refractivity contribution in [3.8, 4) is 5.75 Å². The number of nitrogens with one attached hydrogen (secondary N) is 1. The molecular formula is C16H18N2O3. The molecule has 0 spiro atoms. The van der Waals surface area contributed by atoms with E-state index >= 15 is 0 Å². The van der Waals surface area contributed by atoms with Gasteiger partial charge in [0, 0.05) is 18.7 Å². The van der Waals surface area contributed by atoms with Crippen molar-refractivity contribution in [2.75, 3.05) is 13.1 Å². The van der Waals surface area contributed by atoms with E-state index in [4.69, 9.17) is 4.74 Å². The van der Waals surface area contributed by atoms with Crippen molar-refractivity contribution in [2.45, 2.75) is 13.0 Å². The molecule has 5 nitrogen and oxygen atoms in total.